The fraction of sp³-hybridized carbons (Fsp3) is 0.364. The van der Waals surface area contributed by atoms with Gasteiger partial charge in [-0.1, -0.05) is 11.6 Å². The third-order valence-electron chi connectivity index (χ3n) is 2.46. The minimum atomic E-state index is -0.170. The van der Waals surface area contributed by atoms with Crippen LogP contribution in [0.3, 0.4) is 0 Å². The molecule has 1 aliphatic rings. The summed E-state index contributed by atoms with van der Waals surface area (Å²) in [6.07, 6.45) is 0.851. The molecular weight excluding hydrogens is 246 g/mol. The van der Waals surface area contributed by atoms with Gasteiger partial charge in [-0.15, -0.1) is 12.6 Å². The lowest BCUT2D eigenvalue weighted by Gasteiger charge is -2.11. The van der Waals surface area contributed by atoms with Crippen LogP contribution in [0.15, 0.2) is 23.1 Å². The summed E-state index contributed by atoms with van der Waals surface area (Å²) in [6, 6.07) is 5.17. The number of thiol groups is 1. The first-order valence-corrected chi connectivity index (χ1v) is 5.86. The fourth-order valence-corrected chi connectivity index (χ4v) is 2.01. The van der Waals surface area contributed by atoms with Crippen molar-refractivity contribution in [1.29, 1.82) is 0 Å². The van der Waals surface area contributed by atoms with E-state index in [1.165, 1.54) is 0 Å². The number of halogens is 1. The van der Waals surface area contributed by atoms with Gasteiger partial charge in [-0.25, -0.2) is 0 Å². The van der Waals surface area contributed by atoms with E-state index >= 15 is 0 Å². The lowest BCUT2D eigenvalue weighted by atomic mass is 10.2. The highest BCUT2D eigenvalue weighted by Gasteiger charge is 2.19. The van der Waals surface area contributed by atoms with Crippen LogP contribution in [0.5, 0.6) is 0 Å². The van der Waals surface area contributed by atoms with E-state index in [1.54, 1.807) is 18.2 Å². The van der Waals surface area contributed by atoms with Crippen LogP contribution in [0, 0.1) is 0 Å². The second-order valence-electron chi connectivity index (χ2n) is 3.70. The van der Waals surface area contributed by atoms with Crippen LogP contribution in [0.4, 0.5) is 0 Å². The summed E-state index contributed by atoms with van der Waals surface area (Å²) in [5, 5.41) is 3.32. The summed E-state index contributed by atoms with van der Waals surface area (Å²) in [6.45, 7) is 1.27. The first-order chi connectivity index (χ1) is 7.66. The average Bonchev–Trinajstić information content (AvgIpc) is 2.74. The highest BCUT2D eigenvalue weighted by atomic mass is 35.5. The van der Waals surface area contributed by atoms with E-state index in [0.717, 1.165) is 11.3 Å². The highest BCUT2D eigenvalue weighted by Crippen LogP contribution is 2.20. The van der Waals surface area contributed by atoms with Crippen LogP contribution >= 0.6 is 24.2 Å². The van der Waals surface area contributed by atoms with Gasteiger partial charge in [0.2, 0.25) is 0 Å². The maximum absolute atomic E-state index is 11.9. The third-order valence-corrected chi connectivity index (χ3v) is 3.07. The Bertz CT molecular complexity index is 405. The van der Waals surface area contributed by atoms with Gasteiger partial charge in [-0.05, 0) is 24.6 Å². The van der Waals surface area contributed by atoms with Crippen LogP contribution < -0.4 is 5.32 Å². The van der Waals surface area contributed by atoms with Gasteiger partial charge in [-0.3, -0.25) is 4.79 Å². The quantitative estimate of drug-likeness (QED) is 0.797. The molecule has 1 fully saturated rings. The van der Waals surface area contributed by atoms with Crippen LogP contribution in [0.1, 0.15) is 16.8 Å². The lowest BCUT2D eigenvalue weighted by Crippen LogP contribution is -2.35. The van der Waals surface area contributed by atoms with Crippen molar-refractivity contribution in [1.82, 2.24) is 5.32 Å². The van der Waals surface area contributed by atoms with Gasteiger partial charge in [0.15, 0.2) is 0 Å². The molecule has 0 aromatic heterocycles. The summed E-state index contributed by atoms with van der Waals surface area (Å²) >= 11 is 10.1. The molecule has 1 unspecified atom stereocenters. The monoisotopic (exact) mass is 257 g/mol. The normalized spacial score (nSPS) is 19.8. The molecule has 0 bridgehead atoms. The number of hydrogen-bond donors (Lipinski definition) is 2. The Hall–Kier alpha value is -0.710. The van der Waals surface area contributed by atoms with E-state index in [-0.39, 0.29) is 11.9 Å². The Morgan fingerprint density at radius 1 is 1.56 bits per heavy atom. The number of nitrogens with one attached hydrogen (secondary N) is 1. The number of rotatable bonds is 2. The van der Waals surface area contributed by atoms with Crippen molar-refractivity contribution < 1.29 is 9.53 Å². The molecule has 1 heterocycles. The second-order valence-corrected chi connectivity index (χ2v) is 4.62. The Morgan fingerprint density at radius 3 is 3.06 bits per heavy atom. The van der Waals surface area contributed by atoms with Crippen LogP contribution in [-0.2, 0) is 4.74 Å². The zero-order valence-corrected chi connectivity index (χ0v) is 10.2. The van der Waals surface area contributed by atoms with E-state index in [0.29, 0.717) is 23.8 Å². The predicted octanol–water partition coefficient (Wildman–Crippen LogP) is 2.15. The predicted molar refractivity (Wildman–Crippen MR) is 65.4 cm³/mol. The molecule has 16 heavy (non-hydrogen) atoms. The Labute approximate surface area is 105 Å². The molecule has 0 radical (unpaired) electrons. The van der Waals surface area contributed by atoms with E-state index in [9.17, 15) is 4.79 Å². The van der Waals surface area contributed by atoms with Gasteiger partial charge in [0.25, 0.3) is 5.91 Å². The zero-order chi connectivity index (χ0) is 11.5. The Morgan fingerprint density at radius 2 is 2.38 bits per heavy atom. The van der Waals surface area contributed by atoms with Gasteiger partial charge < -0.3 is 10.1 Å². The summed E-state index contributed by atoms with van der Waals surface area (Å²) in [5.74, 6) is -0.170. The smallest absolute Gasteiger partial charge is 0.253 e. The summed E-state index contributed by atoms with van der Waals surface area (Å²) < 4.78 is 5.19. The number of ether oxygens (including phenoxy) is 1. The summed E-state index contributed by atoms with van der Waals surface area (Å²) in [4.78, 5) is 12.6. The molecule has 5 heteroatoms. The van der Waals surface area contributed by atoms with Crippen LogP contribution in [-0.4, -0.2) is 25.2 Å². The van der Waals surface area contributed by atoms with E-state index in [2.05, 4.69) is 17.9 Å². The molecule has 1 aromatic rings. The number of hydrogen-bond acceptors (Lipinski definition) is 3. The molecule has 1 aliphatic heterocycles. The van der Waals surface area contributed by atoms with E-state index in [1.807, 2.05) is 0 Å². The Balaban J connectivity index is 2.10. The molecule has 0 aliphatic carbocycles. The molecule has 1 saturated heterocycles. The number of benzene rings is 1. The molecule has 1 atom stereocenters. The number of carbonyl (C=O) groups is 1. The average molecular weight is 258 g/mol. The molecule has 3 nitrogen and oxygen atoms in total. The van der Waals surface area contributed by atoms with Gasteiger partial charge in [0, 0.05) is 11.5 Å². The van der Waals surface area contributed by atoms with E-state index in [4.69, 9.17) is 16.3 Å². The van der Waals surface area contributed by atoms with Crippen molar-refractivity contribution in [3.63, 3.8) is 0 Å². The standard InChI is InChI=1S/C11H12ClNO2S/c12-10-2-1-8(16)5-9(10)11(14)13-7-3-4-15-6-7/h1-2,5,7,16H,3-4,6H2,(H,13,14). The number of carbonyl (C=O) groups excluding carboxylic acids is 1. The molecule has 86 valence electrons. The molecule has 1 aromatic carbocycles. The summed E-state index contributed by atoms with van der Waals surface area (Å²) in [5.41, 5.74) is 0.459. The summed E-state index contributed by atoms with van der Waals surface area (Å²) in [7, 11) is 0. The van der Waals surface area contributed by atoms with Crippen molar-refractivity contribution in [3.05, 3.63) is 28.8 Å². The zero-order valence-electron chi connectivity index (χ0n) is 8.57. The second kappa shape index (κ2) is 5.08. The maximum Gasteiger partial charge on any atom is 0.253 e. The first-order valence-electron chi connectivity index (χ1n) is 5.04. The highest BCUT2D eigenvalue weighted by molar-refractivity contribution is 7.80. The maximum atomic E-state index is 11.9. The first kappa shape index (κ1) is 11.8. The molecule has 0 spiro atoms. The van der Waals surface area contributed by atoms with Crippen molar-refractivity contribution in [2.24, 2.45) is 0 Å². The number of amides is 1. The molecule has 0 saturated carbocycles. The van der Waals surface area contributed by atoms with Crippen molar-refractivity contribution in [2.45, 2.75) is 17.4 Å². The van der Waals surface area contributed by atoms with Crippen LogP contribution in [0.25, 0.3) is 0 Å². The third kappa shape index (κ3) is 2.70. The van der Waals surface area contributed by atoms with Gasteiger partial charge in [0.05, 0.1) is 23.2 Å². The van der Waals surface area contributed by atoms with E-state index < -0.39 is 0 Å². The van der Waals surface area contributed by atoms with Crippen LogP contribution in [0.2, 0.25) is 5.02 Å². The van der Waals surface area contributed by atoms with Crippen molar-refractivity contribution >= 4 is 30.1 Å². The minimum Gasteiger partial charge on any atom is -0.379 e. The fourth-order valence-electron chi connectivity index (χ4n) is 1.60. The molecular formula is C11H12ClNO2S. The van der Waals surface area contributed by atoms with Gasteiger partial charge in [-0.2, -0.15) is 0 Å². The van der Waals surface area contributed by atoms with Crippen molar-refractivity contribution in [3.8, 4) is 0 Å². The SMILES string of the molecule is O=C(NC1CCOC1)c1cc(S)ccc1Cl. The molecule has 1 amide bonds. The largest absolute Gasteiger partial charge is 0.379 e. The van der Waals surface area contributed by atoms with Gasteiger partial charge >= 0.3 is 0 Å². The lowest BCUT2D eigenvalue weighted by molar-refractivity contribution is 0.0930. The Kier molecular flexibility index (Phi) is 3.74. The molecule has 1 N–H and O–H groups in total. The van der Waals surface area contributed by atoms with Crippen molar-refractivity contribution in [2.75, 3.05) is 13.2 Å². The van der Waals surface area contributed by atoms with Gasteiger partial charge in [0.1, 0.15) is 0 Å². The molecule has 2 rings (SSSR count). The topological polar surface area (TPSA) is 38.3 Å². The minimum absolute atomic E-state index is 0.0899.